The number of esters is 1. The number of amides is 1. The molecule has 8 nitrogen and oxygen atoms in total. The second kappa shape index (κ2) is 10.5. The van der Waals surface area contributed by atoms with E-state index in [1.807, 2.05) is 0 Å². The van der Waals surface area contributed by atoms with Crippen LogP contribution < -0.4 is 10.1 Å². The molecule has 1 atom stereocenters. The number of rotatable bonds is 9. The zero-order valence-corrected chi connectivity index (χ0v) is 18.8. The lowest BCUT2D eigenvalue weighted by molar-refractivity contribution is -0.123. The molecule has 1 unspecified atom stereocenters. The third-order valence-electron chi connectivity index (χ3n) is 4.56. The summed E-state index contributed by atoms with van der Waals surface area (Å²) in [6, 6.07) is 6.31. The molecule has 11 heteroatoms. The predicted molar refractivity (Wildman–Crippen MR) is 113 cm³/mol. The molecule has 0 saturated heterocycles. The number of anilines is 1. The van der Waals surface area contributed by atoms with Crippen LogP contribution in [0.3, 0.4) is 0 Å². The van der Waals surface area contributed by atoms with E-state index in [0.29, 0.717) is 6.07 Å². The van der Waals surface area contributed by atoms with Crippen molar-refractivity contribution in [1.82, 2.24) is 4.31 Å². The molecule has 0 aliphatic heterocycles. The minimum absolute atomic E-state index is 0.0472. The number of nitrogens with one attached hydrogen (secondary N) is 1. The Bertz CT molecular complexity index is 1100. The topological polar surface area (TPSA) is 102 Å². The molecule has 1 N–H and O–H groups in total. The summed E-state index contributed by atoms with van der Waals surface area (Å²) in [4.78, 5) is 24.6. The first-order valence-electron chi connectivity index (χ1n) is 9.70. The first-order chi connectivity index (χ1) is 15.0. The Balaban J connectivity index is 2.23. The number of ether oxygens (including phenoxy) is 2. The van der Waals surface area contributed by atoms with E-state index >= 15 is 0 Å². The first kappa shape index (κ1) is 25.2. The van der Waals surface area contributed by atoms with E-state index < -0.39 is 39.6 Å². The standard InChI is InChI=1S/C21H24F2N2O6S/c1-5-25(6-2)32(28,29)19-11-14(7-10-18(19)30-4)21(27)31-13(3)20(26)24-17-9-8-15(22)12-16(17)23/h7-13H,5-6H2,1-4H3,(H,24,26). The number of carbonyl (C=O) groups excluding carboxylic acids is 2. The lowest BCUT2D eigenvalue weighted by Gasteiger charge is -2.20. The first-order valence-corrected chi connectivity index (χ1v) is 11.1. The molecule has 0 aromatic heterocycles. The van der Waals surface area contributed by atoms with Gasteiger partial charge in [-0.15, -0.1) is 0 Å². The van der Waals surface area contributed by atoms with E-state index in [9.17, 15) is 26.8 Å². The molecule has 174 valence electrons. The maximum atomic E-state index is 13.7. The maximum absolute atomic E-state index is 13.7. The van der Waals surface area contributed by atoms with Gasteiger partial charge >= 0.3 is 5.97 Å². The highest BCUT2D eigenvalue weighted by molar-refractivity contribution is 7.89. The molecule has 0 bridgehead atoms. The van der Waals surface area contributed by atoms with Crippen molar-refractivity contribution in [2.75, 3.05) is 25.5 Å². The van der Waals surface area contributed by atoms with Crippen LogP contribution in [0.25, 0.3) is 0 Å². The molecule has 1 amide bonds. The van der Waals surface area contributed by atoms with Gasteiger partial charge in [-0.2, -0.15) is 4.31 Å². The van der Waals surface area contributed by atoms with Crippen molar-refractivity contribution < 1.29 is 36.3 Å². The molecule has 0 aliphatic rings. The van der Waals surface area contributed by atoms with Crippen molar-refractivity contribution >= 4 is 27.6 Å². The van der Waals surface area contributed by atoms with Crippen LogP contribution in [0, 0.1) is 11.6 Å². The Hall–Kier alpha value is -3.05. The summed E-state index contributed by atoms with van der Waals surface area (Å²) in [6.45, 7) is 5.04. The van der Waals surface area contributed by atoms with Crippen LogP contribution in [-0.4, -0.2) is 50.9 Å². The van der Waals surface area contributed by atoms with Gasteiger partial charge in [0.15, 0.2) is 6.10 Å². The van der Waals surface area contributed by atoms with Crippen molar-refractivity contribution in [2.24, 2.45) is 0 Å². The van der Waals surface area contributed by atoms with Crippen molar-refractivity contribution in [2.45, 2.75) is 31.8 Å². The van der Waals surface area contributed by atoms with Gasteiger partial charge in [0.25, 0.3) is 5.91 Å². The number of halogens is 2. The molecular weight excluding hydrogens is 446 g/mol. The van der Waals surface area contributed by atoms with Gasteiger partial charge in [0.05, 0.1) is 18.4 Å². The third-order valence-corrected chi connectivity index (χ3v) is 6.64. The number of hydrogen-bond acceptors (Lipinski definition) is 6. The lowest BCUT2D eigenvalue weighted by Crippen LogP contribution is -2.31. The SMILES string of the molecule is CCN(CC)S(=O)(=O)c1cc(C(=O)OC(C)C(=O)Nc2ccc(F)cc2F)ccc1OC. The maximum Gasteiger partial charge on any atom is 0.338 e. The summed E-state index contributed by atoms with van der Waals surface area (Å²) in [5.41, 5.74) is -0.402. The van der Waals surface area contributed by atoms with Crippen LogP contribution in [0.15, 0.2) is 41.3 Å². The number of methoxy groups -OCH3 is 1. The second-order valence-corrected chi connectivity index (χ2v) is 8.52. The van der Waals surface area contributed by atoms with Gasteiger partial charge < -0.3 is 14.8 Å². The van der Waals surface area contributed by atoms with Gasteiger partial charge in [0, 0.05) is 19.2 Å². The monoisotopic (exact) mass is 470 g/mol. The van der Waals surface area contributed by atoms with E-state index in [1.165, 1.54) is 30.5 Å². The van der Waals surface area contributed by atoms with Crippen LogP contribution in [0.5, 0.6) is 5.75 Å². The van der Waals surface area contributed by atoms with Crippen molar-refractivity contribution in [3.63, 3.8) is 0 Å². The highest BCUT2D eigenvalue weighted by atomic mass is 32.2. The van der Waals surface area contributed by atoms with E-state index in [0.717, 1.165) is 18.2 Å². The van der Waals surface area contributed by atoms with Crippen molar-refractivity contribution in [1.29, 1.82) is 0 Å². The summed E-state index contributed by atoms with van der Waals surface area (Å²) in [7, 11) is -2.64. The average Bonchev–Trinajstić information content (AvgIpc) is 2.75. The van der Waals surface area contributed by atoms with Crippen LogP contribution >= 0.6 is 0 Å². The molecule has 2 aromatic rings. The zero-order valence-electron chi connectivity index (χ0n) is 18.0. The normalized spacial score (nSPS) is 12.3. The molecule has 32 heavy (non-hydrogen) atoms. The summed E-state index contributed by atoms with van der Waals surface area (Å²) >= 11 is 0. The van der Waals surface area contributed by atoms with Gasteiger partial charge in [-0.25, -0.2) is 22.0 Å². The summed E-state index contributed by atoms with van der Waals surface area (Å²) < 4.78 is 63.9. The number of nitrogens with zero attached hydrogens (tertiary/aromatic N) is 1. The Labute approximate surface area is 185 Å². The second-order valence-electron chi connectivity index (χ2n) is 6.62. The summed E-state index contributed by atoms with van der Waals surface area (Å²) in [5.74, 6) is -3.57. The quantitative estimate of drug-likeness (QED) is 0.565. The van der Waals surface area contributed by atoms with Crippen LogP contribution in [0.1, 0.15) is 31.1 Å². The highest BCUT2D eigenvalue weighted by Gasteiger charge is 2.28. The highest BCUT2D eigenvalue weighted by Crippen LogP contribution is 2.28. The summed E-state index contributed by atoms with van der Waals surface area (Å²) in [5, 5.41) is 2.20. The Morgan fingerprint density at radius 3 is 2.31 bits per heavy atom. The van der Waals surface area contributed by atoms with E-state index in [1.54, 1.807) is 13.8 Å². The molecule has 0 heterocycles. The fourth-order valence-corrected chi connectivity index (χ4v) is 4.45. The molecule has 0 saturated carbocycles. The zero-order chi connectivity index (χ0) is 24.1. The van der Waals surface area contributed by atoms with Crippen LogP contribution in [-0.2, 0) is 19.6 Å². The molecule has 0 aliphatic carbocycles. The Morgan fingerprint density at radius 2 is 1.75 bits per heavy atom. The number of carbonyl (C=O) groups is 2. The van der Waals surface area contributed by atoms with Gasteiger partial charge in [-0.3, -0.25) is 4.79 Å². The van der Waals surface area contributed by atoms with Gasteiger partial charge in [-0.1, -0.05) is 13.8 Å². The van der Waals surface area contributed by atoms with Crippen LogP contribution in [0.4, 0.5) is 14.5 Å². The Kier molecular flexibility index (Phi) is 8.28. The van der Waals surface area contributed by atoms with Gasteiger partial charge in [0.1, 0.15) is 22.3 Å². The van der Waals surface area contributed by atoms with Gasteiger partial charge in [-0.05, 0) is 37.3 Å². The molecule has 0 spiro atoms. The minimum atomic E-state index is -3.94. The average molecular weight is 470 g/mol. The fourth-order valence-electron chi connectivity index (χ4n) is 2.82. The van der Waals surface area contributed by atoms with Crippen LogP contribution in [0.2, 0.25) is 0 Å². The molecule has 0 fully saturated rings. The fraction of sp³-hybridized carbons (Fsp3) is 0.333. The van der Waals surface area contributed by atoms with Gasteiger partial charge in [0.2, 0.25) is 10.0 Å². The number of benzene rings is 2. The van der Waals surface area contributed by atoms with E-state index in [-0.39, 0.29) is 35.0 Å². The number of hydrogen-bond donors (Lipinski definition) is 1. The third kappa shape index (κ3) is 5.60. The molecular formula is C21H24F2N2O6S. The largest absolute Gasteiger partial charge is 0.495 e. The number of sulfonamides is 1. The lowest BCUT2D eigenvalue weighted by atomic mass is 10.2. The summed E-state index contributed by atoms with van der Waals surface area (Å²) in [6.07, 6.45) is -1.35. The van der Waals surface area contributed by atoms with E-state index in [4.69, 9.17) is 9.47 Å². The molecule has 2 aromatic carbocycles. The molecule has 0 radical (unpaired) electrons. The van der Waals surface area contributed by atoms with E-state index in [2.05, 4.69) is 5.32 Å². The molecule has 2 rings (SSSR count). The minimum Gasteiger partial charge on any atom is -0.495 e. The van der Waals surface area contributed by atoms with Crippen molar-refractivity contribution in [3.8, 4) is 5.75 Å². The Morgan fingerprint density at radius 1 is 1.09 bits per heavy atom. The predicted octanol–water partition coefficient (Wildman–Crippen LogP) is 3.19. The van der Waals surface area contributed by atoms with Crippen molar-refractivity contribution in [3.05, 3.63) is 53.6 Å². The smallest absolute Gasteiger partial charge is 0.338 e.